The van der Waals surface area contributed by atoms with E-state index in [0.29, 0.717) is 23.5 Å². The number of carbonyl (C=O) groups is 2. The zero-order valence-electron chi connectivity index (χ0n) is 16.9. The molecule has 1 aliphatic heterocycles. The quantitative estimate of drug-likeness (QED) is 0.299. The molecule has 1 amide bonds. The Morgan fingerprint density at radius 2 is 1.77 bits per heavy atom. The Bertz CT molecular complexity index is 921. The number of nitrogens with one attached hydrogen (secondary N) is 1. The molecule has 1 N–H and O–H groups in total. The summed E-state index contributed by atoms with van der Waals surface area (Å²) in [6, 6.07) is 10.9. The van der Waals surface area contributed by atoms with E-state index in [1.54, 1.807) is 36.4 Å². The Labute approximate surface area is 175 Å². The summed E-state index contributed by atoms with van der Waals surface area (Å²) in [6.45, 7) is 3.94. The number of amides is 1. The van der Waals surface area contributed by atoms with E-state index in [2.05, 4.69) is 5.32 Å². The molecule has 1 heterocycles. The topological polar surface area (TPSA) is 102 Å². The van der Waals surface area contributed by atoms with Crippen LogP contribution in [0.15, 0.2) is 42.5 Å². The van der Waals surface area contributed by atoms with Gasteiger partial charge >= 0.3 is 5.97 Å². The molecular weight excluding hydrogens is 386 g/mol. The first-order chi connectivity index (χ1) is 14.5. The van der Waals surface area contributed by atoms with Crippen molar-refractivity contribution in [3.8, 4) is 0 Å². The summed E-state index contributed by atoms with van der Waals surface area (Å²) in [6.07, 6.45) is 3.75. The number of anilines is 2. The second-order valence-electron chi connectivity index (χ2n) is 7.18. The largest absolute Gasteiger partial charge is 0.462 e. The van der Waals surface area contributed by atoms with Gasteiger partial charge in [0.1, 0.15) is 5.69 Å². The molecule has 8 nitrogen and oxygen atoms in total. The van der Waals surface area contributed by atoms with E-state index < -0.39 is 16.8 Å². The van der Waals surface area contributed by atoms with Gasteiger partial charge in [0.15, 0.2) is 0 Å². The standard InChI is InChI=1S/C22H25N3O5/c1-2-3-14-30-22(27)16-6-9-18(10-7-16)23-21(26)17-8-11-19(20(15-17)25(28)29)24-12-4-5-13-24/h6-11,15H,2-5,12-14H2,1H3,(H,23,26). The smallest absolute Gasteiger partial charge is 0.338 e. The van der Waals surface area contributed by atoms with Crippen LogP contribution in [0.25, 0.3) is 0 Å². The van der Waals surface area contributed by atoms with E-state index in [4.69, 9.17) is 4.74 Å². The molecule has 1 fully saturated rings. The van der Waals surface area contributed by atoms with Crippen LogP contribution in [-0.4, -0.2) is 36.5 Å². The molecule has 2 aromatic rings. The molecule has 1 saturated heterocycles. The molecule has 0 atom stereocenters. The molecule has 0 radical (unpaired) electrons. The lowest BCUT2D eigenvalue weighted by Crippen LogP contribution is -2.19. The average molecular weight is 411 g/mol. The molecule has 2 aromatic carbocycles. The molecule has 0 aromatic heterocycles. The molecule has 30 heavy (non-hydrogen) atoms. The number of unbranched alkanes of at least 4 members (excludes halogenated alkanes) is 1. The third-order valence-electron chi connectivity index (χ3n) is 4.99. The number of nitro benzene ring substituents is 1. The Morgan fingerprint density at radius 3 is 2.40 bits per heavy atom. The molecule has 0 unspecified atom stereocenters. The molecule has 0 aliphatic carbocycles. The van der Waals surface area contributed by atoms with Gasteiger partial charge in [0, 0.05) is 30.4 Å². The van der Waals surface area contributed by atoms with Gasteiger partial charge in [0.05, 0.1) is 17.1 Å². The predicted octanol–water partition coefficient (Wildman–Crippen LogP) is 4.40. The van der Waals surface area contributed by atoms with E-state index in [1.165, 1.54) is 6.07 Å². The lowest BCUT2D eigenvalue weighted by Gasteiger charge is -2.17. The summed E-state index contributed by atoms with van der Waals surface area (Å²) >= 11 is 0. The van der Waals surface area contributed by atoms with Crippen LogP contribution in [0, 0.1) is 10.1 Å². The normalized spacial score (nSPS) is 13.2. The summed E-state index contributed by atoms with van der Waals surface area (Å²) in [5.41, 5.74) is 1.55. The zero-order valence-corrected chi connectivity index (χ0v) is 16.9. The fourth-order valence-corrected chi connectivity index (χ4v) is 3.32. The number of esters is 1. The van der Waals surface area contributed by atoms with E-state index in [-0.39, 0.29) is 11.3 Å². The highest BCUT2D eigenvalue weighted by Gasteiger charge is 2.24. The minimum atomic E-state index is -0.455. The Kier molecular flexibility index (Phi) is 7.00. The van der Waals surface area contributed by atoms with Crippen molar-refractivity contribution >= 4 is 28.9 Å². The van der Waals surface area contributed by atoms with Crippen LogP contribution in [0.1, 0.15) is 53.3 Å². The Morgan fingerprint density at radius 1 is 1.10 bits per heavy atom. The van der Waals surface area contributed by atoms with E-state index in [1.807, 2.05) is 11.8 Å². The number of carbonyl (C=O) groups excluding carboxylic acids is 2. The van der Waals surface area contributed by atoms with Gasteiger partial charge in [-0.05, 0) is 55.7 Å². The van der Waals surface area contributed by atoms with E-state index >= 15 is 0 Å². The van der Waals surface area contributed by atoms with E-state index in [0.717, 1.165) is 38.8 Å². The fraction of sp³-hybridized carbons (Fsp3) is 0.364. The highest BCUT2D eigenvalue weighted by molar-refractivity contribution is 6.05. The first kappa shape index (κ1) is 21.3. The third-order valence-corrected chi connectivity index (χ3v) is 4.99. The van der Waals surface area contributed by atoms with Crippen molar-refractivity contribution in [2.24, 2.45) is 0 Å². The van der Waals surface area contributed by atoms with Gasteiger partial charge in [-0.15, -0.1) is 0 Å². The van der Waals surface area contributed by atoms with Crippen molar-refractivity contribution in [1.82, 2.24) is 0 Å². The average Bonchev–Trinajstić information content (AvgIpc) is 3.28. The second-order valence-corrected chi connectivity index (χ2v) is 7.18. The second kappa shape index (κ2) is 9.87. The molecule has 0 bridgehead atoms. The van der Waals surface area contributed by atoms with E-state index in [9.17, 15) is 19.7 Å². The summed E-state index contributed by atoms with van der Waals surface area (Å²) in [7, 11) is 0. The summed E-state index contributed by atoms with van der Waals surface area (Å²) in [4.78, 5) is 37.5. The van der Waals surface area contributed by atoms with Crippen molar-refractivity contribution < 1.29 is 19.2 Å². The maximum atomic E-state index is 12.6. The van der Waals surface area contributed by atoms with Crippen molar-refractivity contribution in [2.75, 3.05) is 29.9 Å². The molecule has 158 valence electrons. The van der Waals surface area contributed by atoms with Crippen LogP contribution in [0.5, 0.6) is 0 Å². The predicted molar refractivity (Wildman–Crippen MR) is 114 cm³/mol. The van der Waals surface area contributed by atoms with Crippen LogP contribution in [0.4, 0.5) is 17.1 Å². The molecule has 0 saturated carbocycles. The van der Waals surface area contributed by atoms with Crippen LogP contribution < -0.4 is 10.2 Å². The number of nitrogens with zero attached hydrogens (tertiary/aromatic N) is 2. The van der Waals surface area contributed by atoms with Gasteiger partial charge in [-0.1, -0.05) is 13.3 Å². The first-order valence-electron chi connectivity index (χ1n) is 10.1. The van der Waals surface area contributed by atoms with Gasteiger partial charge in [0.25, 0.3) is 11.6 Å². The SMILES string of the molecule is CCCCOC(=O)c1ccc(NC(=O)c2ccc(N3CCCC3)c([N+](=O)[O-])c2)cc1. The van der Waals surface area contributed by atoms with Crippen molar-refractivity contribution in [1.29, 1.82) is 0 Å². The Balaban J connectivity index is 1.69. The molecular formula is C22H25N3O5. The monoisotopic (exact) mass is 411 g/mol. The van der Waals surface area contributed by atoms with Crippen LogP contribution in [0.2, 0.25) is 0 Å². The first-order valence-corrected chi connectivity index (χ1v) is 10.1. The summed E-state index contributed by atoms with van der Waals surface area (Å²) < 4.78 is 5.15. The Hall–Kier alpha value is -3.42. The van der Waals surface area contributed by atoms with Gasteiger partial charge in [-0.2, -0.15) is 0 Å². The van der Waals surface area contributed by atoms with Crippen LogP contribution >= 0.6 is 0 Å². The molecule has 8 heteroatoms. The maximum absolute atomic E-state index is 12.6. The number of hydrogen-bond donors (Lipinski definition) is 1. The summed E-state index contributed by atoms with van der Waals surface area (Å²) in [5.74, 6) is -0.862. The number of nitro groups is 1. The minimum absolute atomic E-state index is 0.0743. The number of rotatable bonds is 8. The van der Waals surface area contributed by atoms with Crippen molar-refractivity contribution in [3.05, 3.63) is 63.7 Å². The van der Waals surface area contributed by atoms with Gasteiger partial charge in [0.2, 0.25) is 0 Å². The van der Waals surface area contributed by atoms with Crippen LogP contribution in [0.3, 0.4) is 0 Å². The van der Waals surface area contributed by atoms with Gasteiger partial charge in [-0.25, -0.2) is 4.79 Å². The molecule has 0 spiro atoms. The highest BCUT2D eigenvalue weighted by Crippen LogP contribution is 2.31. The molecule has 3 rings (SSSR count). The number of ether oxygens (including phenoxy) is 1. The molecule has 1 aliphatic rings. The number of benzene rings is 2. The lowest BCUT2D eigenvalue weighted by molar-refractivity contribution is -0.384. The highest BCUT2D eigenvalue weighted by atomic mass is 16.6. The number of hydrogen-bond acceptors (Lipinski definition) is 6. The summed E-state index contributed by atoms with van der Waals surface area (Å²) in [5, 5.41) is 14.2. The van der Waals surface area contributed by atoms with Crippen molar-refractivity contribution in [2.45, 2.75) is 32.6 Å². The zero-order chi connectivity index (χ0) is 21.5. The van der Waals surface area contributed by atoms with Gasteiger partial charge < -0.3 is 15.0 Å². The van der Waals surface area contributed by atoms with Gasteiger partial charge in [-0.3, -0.25) is 14.9 Å². The third kappa shape index (κ3) is 5.14. The maximum Gasteiger partial charge on any atom is 0.338 e. The van der Waals surface area contributed by atoms with Crippen molar-refractivity contribution in [3.63, 3.8) is 0 Å². The van der Waals surface area contributed by atoms with Crippen LogP contribution in [-0.2, 0) is 4.74 Å². The fourth-order valence-electron chi connectivity index (χ4n) is 3.32. The minimum Gasteiger partial charge on any atom is -0.462 e. The lowest BCUT2D eigenvalue weighted by atomic mass is 10.1.